The van der Waals surface area contributed by atoms with Gasteiger partial charge in [-0.1, -0.05) is 35.2 Å². The van der Waals surface area contributed by atoms with Crippen LogP contribution in [0, 0.1) is 11.3 Å². The van der Waals surface area contributed by atoms with Gasteiger partial charge in [0.05, 0.1) is 0 Å². The largest absolute Gasteiger partial charge is 0.492 e. The van der Waals surface area contributed by atoms with Gasteiger partial charge >= 0.3 is 0 Å². The highest BCUT2D eigenvalue weighted by atomic mass is 79.9. The van der Waals surface area contributed by atoms with Gasteiger partial charge in [0.15, 0.2) is 0 Å². The molecule has 3 aromatic rings. The van der Waals surface area contributed by atoms with Crippen LogP contribution >= 0.6 is 27.5 Å². The van der Waals surface area contributed by atoms with E-state index in [0.717, 1.165) is 39.6 Å². The summed E-state index contributed by atoms with van der Waals surface area (Å²) in [6, 6.07) is 15.9. The highest BCUT2D eigenvalue weighted by molar-refractivity contribution is 9.10. The molecule has 162 valence electrons. The molecule has 1 fully saturated rings. The van der Waals surface area contributed by atoms with E-state index in [1.165, 1.54) is 32.1 Å². The predicted octanol–water partition coefficient (Wildman–Crippen LogP) is 6.59. The molecule has 6 nitrogen and oxygen atoms in total. The summed E-state index contributed by atoms with van der Waals surface area (Å²) >= 11 is 4.60. The van der Waals surface area contributed by atoms with E-state index < -0.39 is 0 Å². The molecule has 5 N–H and O–H groups in total. The fourth-order valence-electron chi connectivity index (χ4n) is 3.79. The molecule has 8 heteroatoms. The third-order valence-corrected chi connectivity index (χ3v) is 6.77. The molecular formula is C23H26BrN5OS. The van der Waals surface area contributed by atoms with Gasteiger partial charge in [-0.2, -0.15) is 4.37 Å². The number of aromatic nitrogens is 1. The van der Waals surface area contributed by atoms with Crippen molar-refractivity contribution in [3.8, 4) is 5.88 Å². The molecule has 31 heavy (non-hydrogen) atoms. The van der Waals surface area contributed by atoms with E-state index in [2.05, 4.69) is 36.3 Å². The number of nitrogens with one attached hydrogen (secondary N) is 4. The average molecular weight is 500 g/mol. The van der Waals surface area contributed by atoms with Gasteiger partial charge in [0.1, 0.15) is 16.4 Å². The number of anilines is 4. The zero-order valence-electron chi connectivity index (χ0n) is 17.1. The van der Waals surface area contributed by atoms with Gasteiger partial charge in [0.25, 0.3) is 0 Å². The molecular weight excluding hydrogens is 474 g/mol. The van der Waals surface area contributed by atoms with Gasteiger partial charge in [-0.3, -0.25) is 5.41 Å². The minimum Gasteiger partial charge on any atom is -0.492 e. The Hall–Kier alpha value is -2.58. The predicted molar refractivity (Wildman–Crippen MR) is 132 cm³/mol. The number of aromatic hydroxyl groups is 1. The Morgan fingerprint density at radius 3 is 2.19 bits per heavy atom. The van der Waals surface area contributed by atoms with Crippen LogP contribution in [0.3, 0.4) is 0 Å². The standard InChI is InChI=1S/C23H26BrN5OS/c24-16-6-8-17(9-7-16)27-18-10-12-19(13-11-18)28-23-20(22(30)29-31-23)21(25)26-14-15-4-2-1-3-5-15/h6-13,15,27-28H,1-5,14H2,(H2,25,26)(H,29,30). The number of benzene rings is 2. The zero-order chi connectivity index (χ0) is 21.6. The van der Waals surface area contributed by atoms with Gasteiger partial charge in [-0.05, 0) is 78.8 Å². The molecule has 0 spiro atoms. The Morgan fingerprint density at radius 2 is 1.55 bits per heavy atom. The molecule has 0 unspecified atom stereocenters. The number of hydrogen-bond acceptors (Lipinski definition) is 6. The van der Waals surface area contributed by atoms with Crippen LogP contribution in [0.1, 0.15) is 37.7 Å². The molecule has 0 saturated heterocycles. The van der Waals surface area contributed by atoms with Crippen molar-refractivity contribution in [2.24, 2.45) is 5.92 Å². The topological polar surface area (TPSA) is 93.1 Å². The van der Waals surface area contributed by atoms with Crippen LogP contribution in [0.2, 0.25) is 0 Å². The lowest BCUT2D eigenvalue weighted by Gasteiger charge is -2.22. The van der Waals surface area contributed by atoms with Crippen LogP contribution in [0.25, 0.3) is 0 Å². The van der Waals surface area contributed by atoms with Crippen molar-refractivity contribution in [1.29, 1.82) is 5.41 Å². The maximum Gasteiger partial charge on any atom is 0.236 e. The summed E-state index contributed by atoms with van der Waals surface area (Å²) in [6.45, 7) is 0.768. The third-order valence-electron chi connectivity index (χ3n) is 5.49. The molecule has 0 bridgehead atoms. The normalized spacial score (nSPS) is 14.2. The van der Waals surface area contributed by atoms with Crippen molar-refractivity contribution in [1.82, 2.24) is 9.69 Å². The summed E-state index contributed by atoms with van der Waals surface area (Å²) in [5.41, 5.74) is 3.28. The molecule has 0 atom stereocenters. The smallest absolute Gasteiger partial charge is 0.236 e. The van der Waals surface area contributed by atoms with Crippen molar-refractivity contribution < 1.29 is 5.11 Å². The summed E-state index contributed by atoms with van der Waals surface area (Å²) in [6.07, 6.45) is 6.27. The van der Waals surface area contributed by atoms with E-state index in [1.807, 2.05) is 48.5 Å². The molecule has 4 rings (SSSR count). The Bertz CT molecular complexity index is 1010. The maximum absolute atomic E-state index is 10.2. The summed E-state index contributed by atoms with van der Waals surface area (Å²) in [4.78, 5) is 0. The van der Waals surface area contributed by atoms with Gasteiger partial charge in [0.2, 0.25) is 5.88 Å². The Morgan fingerprint density at radius 1 is 0.968 bits per heavy atom. The average Bonchev–Trinajstić information content (AvgIpc) is 3.15. The van der Waals surface area contributed by atoms with Crippen LogP contribution in [0.5, 0.6) is 5.88 Å². The Balaban J connectivity index is 1.38. The van der Waals surface area contributed by atoms with Gasteiger partial charge in [-0.15, -0.1) is 0 Å². The molecule has 1 aliphatic rings. The highest BCUT2D eigenvalue weighted by Crippen LogP contribution is 2.33. The van der Waals surface area contributed by atoms with E-state index >= 15 is 0 Å². The number of nitrogens with zero attached hydrogens (tertiary/aromatic N) is 1. The van der Waals surface area contributed by atoms with Crippen LogP contribution < -0.4 is 16.0 Å². The third kappa shape index (κ3) is 5.77. The first-order valence-electron chi connectivity index (χ1n) is 10.5. The quantitative estimate of drug-likeness (QED) is 0.186. The van der Waals surface area contributed by atoms with Gasteiger partial charge in [-0.25, -0.2) is 0 Å². The molecule has 1 saturated carbocycles. The van der Waals surface area contributed by atoms with Gasteiger partial charge in [0, 0.05) is 28.1 Å². The van der Waals surface area contributed by atoms with Crippen molar-refractivity contribution in [2.45, 2.75) is 32.1 Å². The Labute approximate surface area is 194 Å². The molecule has 2 aromatic carbocycles. The van der Waals surface area contributed by atoms with E-state index in [1.54, 1.807) is 0 Å². The molecule has 0 amide bonds. The van der Waals surface area contributed by atoms with Crippen LogP contribution in [0.15, 0.2) is 53.0 Å². The van der Waals surface area contributed by atoms with E-state index in [9.17, 15) is 5.11 Å². The summed E-state index contributed by atoms with van der Waals surface area (Å²) in [7, 11) is 0. The number of halogens is 1. The lowest BCUT2D eigenvalue weighted by molar-refractivity contribution is 0.356. The summed E-state index contributed by atoms with van der Waals surface area (Å²) in [5.74, 6) is 0.708. The number of rotatable bonds is 7. The first kappa shape index (κ1) is 21.6. The first-order chi connectivity index (χ1) is 15.1. The minimum absolute atomic E-state index is 0.109. The molecule has 1 heterocycles. The molecule has 0 aliphatic heterocycles. The Kier molecular flexibility index (Phi) is 7.09. The van der Waals surface area contributed by atoms with Crippen molar-refractivity contribution in [3.05, 3.63) is 58.6 Å². The second-order valence-corrected chi connectivity index (χ2v) is 9.49. The maximum atomic E-state index is 10.2. The van der Waals surface area contributed by atoms with Crippen molar-refractivity contribution >= 4 is 55.4 Å². The van der Waals surface area contributed by atoms with Crippen LogP contribution in [0.4, 0.5) is 22.1 Å². The molecule has 1 aromatic heterocycles. The van der Waals surface area contributed by atoms with Crippen LogP contribution in [-0.2, 0) is 0 Å². The summed E-state index contributed by atoms with van der Waals surface area (Å²) < 4.78 is 5.09. The lowest BCUT2D eigenvalue weighted by Crippen LogP contribution is -2.30. The highest BCUT2D eigenvalue weighted by Gasteiger charge is 2.20. The molecule has 1 aliphatic carbocycles. The number of amidine groups is 1. The second kappa shape index (κ2) is 10.2. The van der Waals surface area contributed by atoms with Crippen molar-refractivity contribution in [2.75, 3.05) is 17.2 Å². The fourth-order valence-corrected chi connectivity index (χ4v) is 4.77. The fraction of sp³-hybridized carbons (Fsp3) is 0.304. The van der Waals surface area contributed by atoms with E-state index in [4.69, 9.17) is 5.41 Å². The second-order valence-electron chi connectivity index (χ2n) is 7.80. The lowest BCUT2D eigenvalue weighted by atomic mass is 9.89. The van der Waals surface area contributed by atoms with E-state index in [0.29, 0.717) is 16.5 Å². The zero-order valence-corrected chi connectivity index (χ0v) is 19.5. The number of hydrogen-bond donors (Lipinski definition) is 5. The first-order valence-corrected chi connectivity index (χ1v) is 12.1. The minimum atomic E-state index is -0.109. The van der Waals surface area contributed by atoms with E-state index in [-0.39, 0.29) is 11.7 Å². The monoisotopic (exact) mass is 499 g/mol. The summed E-state index contributed by atoms with van der Waals surface area (Å²) in [5, 5.41) is 29.2. The van der Waals surface area contributed by atoms with Crippen LogP contribution in [-0.4, -0.2) is 21.9 Å². The molecule has 0 radical (unpaired) electrons. The van der Waals surface area contributed by atoms with Gasteiger partial charge < -0.3 is 21.1 Å². The SMILES string of the molecule is N=C(NCC1CCCCC1)c1c(O)nsc1Nc1ccc(Nc2ccc(Br)cc2)cc1. The van der Waals surface area contributed by atoms with Crippen molar-refractivity contribution in [3.63, 3.8) is 0 Å².